The molecule has 1 unspecified atom stereocenters. The Labute approximate surface area is 212 Å². The predicted molar refractivity (Wildman–Crippen MR) is 141 cm³/mol. The van der Waals surface area contributed by atoms with Gasteiger partial charge >= 0.3 is 0 Å². The number of ether oxygens (including phenoxy) is 1. The third-order valence-corrected chi connectivity index (χ3v) is 10.1. The molecule has 186 valence electrons. The van der Waals surface area contributed by atoms with Gasteiger partial charge in [0.2, 0.25) is 10.0 Å². The number of carbonyl (C=O) groups is 1. The molecule has 35 heavy (non-hydrogen) atoms. The van der Waals surface area contributed by atoms with E-state index in [1.165, 1.54) is 4.88 Å². The fourth-order valence-corrected chi connectivity index (χ4v) is 7.51. The first kappa shape index (κ1) is 25.6. The maximum absolute atomic E-state index is 13.6. The van der Waals surface area contributed by atoms with Crippen LogP contribution in [0, 0.1) is 13.8 Å². The molecule has 0 saturated carbocycles. The lowest BCUT2D eigenvalue weighted by molar-refractivity contribution is 0.102. The number of Topliss-reactive ketones (excluding diaryl/α,β-unsaturated/α-hetero) is 1. The molecular formula is C28H33NO4S2. The van der Waals surface area contributed by atoms with Crippen LogP contribution in [0.2, 0.25) is 0 Å². The van der Waals surface area contributed by atoms with Crippen LogP contribution in [0.5, 0.6) is 5.75 Å². The molecule has 2 atom stereocenters. The quantitative estimate of drug-likeness (QED) is 0.341. The van der Waals surface area contributed by atoms with Crippen molar-refractivity contribution in [3.63, 3.8) is 0 Å². The summed E-state index contributed by atoms with van der Waals surface area (Å²) in [5.41, 5.74) is 4.31. The second-order valence-electron chi connectivity index (χ2n) is 9.25. The minimum Gasteiger partial charge on any atom is -0.488 e. The molecule has 0 saturated heterocycles. The molecule has 2 heterocycles. The van der Waals surface area contributed by atoms with Gasteiger partial charge < -0.3 is 4.74 Å². The van der Waals surface area contributed by atoms with Gasteiger partial charge in [-0.2, -0.15) is 4.31 Å². The molecule has 0 fully saturated rings. The average Bonchev–Trinajstić information content (AvgIpc) is 3.17. The van der Waals surface area contributed by atoms with E-state index in [1.807, 2.05) is 19.9 Å². The summed E-state index contributed by atoms with van der Waals surface area (Å²) in [6.07, 6.45) is 1.40. The van der Waals surface area contributed by atoms with Crippen molar-refractivity contribution in [3.8, 4) is 5.75 Å². The summed E-state index contributed by atoms with van der Waals surface area (Å²) in [7, 11) is -3.71. The zero-order chi connectivity index (χ0) is 25.3. The summed E-state index contributed by atoms with van der Waals surface area (Å²) in [6.45, 7) is 10.4. The molecule has 0 bridgehead atoms. The van der Waals surface area contributed by atoms with Gasteiger partial charge in [-0.25, -0.2) is 8.42 Å². The van der Waals surface area contributed by atoms with E-state index < -0.39 is 10.0 Å². The second kappa shape index (κ2) is 10.2. The number of nitrogens with zero attached hydrogens (tertiary/aromatic N) is 1. The van der Waals surface area contributed by atoms with Crippen molar-refractivity contribution >= 4 is 27.1 Å². The van der Waals surface area contributed by atoms with Crippen molar-refractivity contribution < 1.29 is 17.9 Å². The van der Waals surface area contributed by atoms with Gasteiger partial charge in [-0.3, -0.25) is 4.79 Å². The number of fused-ring (bicyclic) bond motifs is 1. The molecule has 0 amide bonds. The predicted octanol–water partition coefficient (Wildman–Crippen LogP) is 6.47. The molecule has 5 nitrogen and oxygen atoms in total. The summed E-state index contributed by atoms with van der Waals surface area (Å²) < 4.78 is 34.9. The SMILES string of the molecule is CCC(c1ccc(C)c(CN2C[C@@H](CC)Oc3ccccc3S2(=O)=O)c1)c1sc(C(C)=O)cc1C. The standard InChI is InChI=1S/C28H33NO4S2/c1-6-23-17-29(35(31,32)27-11-9-8-10-25(27)33-23)16-22-15-21(13-12-18(22)3)24(7-2)28-19(4)14-26(34-28)20(5)30/h8-15,23-24H,6-7,16-17H2,1-5H3/t23-,24?/m1/s1. The smallest absolute Gasteiger partial charge is 0.247 e. The van der Waals surface area contributed by atoms with Crippen molar-refractivity contribution in [3.05, 3.63) is 80.5 Å². The van der Waals surface area contributed by atoms with Crippen molar-refractivity contribution in [1.82, 2.24) is 4.31 Å². The first-order valence-corrected chi connectivity index (χ1v) is 14.4. The number of ketones is 1. The first-order chi connectivity index (χ1) is 16.6. The van der Waals surface area contributed by atoms with E-state index >= 15 is 0 Å². The summed E-state index contributed by atoms with van der Waals surface area (Å²) in [4.78, 5) is 14.1. The van der Waals surface area contributed by atoms with Gasteiger partial charge in [0, 0.05) is 17.3 Å². The van der Waals surface area contributed by atoms with E-state index in [0.717, 1.165) is 33.6 Å². The normalized spacial score (nSPS) is 18.4. The highest BCUT2D eigenvalue weighted by molar-refractivity contribution is 7.89. The molecule has 0 spiro atoms. The lowest BCUT2D eigenvalue weighted by Crippen LogP contribution is -2.36. The molecule has 7 heteroatoms. The Morgan fingerprint density at radius 3 is 2.51 bits per heavy atom. The summed E-state index contributed by atoms with van der Waals surface area (Å²) >= 11 is 1.57. The van der Waals surface area contributed by atoms with Crippen molar-refractivity contribution in [2.24, 2.45) is 0 Å². The zero-order valence-electron chi connectivity index (χ0n) is 21.0. The number of thiophene rings is 1. The molecule has 1 aliphatic heterocycles. The van der Waals surface area contributed by atoms with Crippen LogP contribution < -0.4 is 4.74 Å². The molecule has 3 aromatic rings. The van der Waals surface area contributed by atoms with E-state index in [-0.39, 0.29) is 29.2 Å². The van der Waals surface area contributed by atoms with E-state index in [0.29, 0.717) is 18.7 Å². The van der Waals surface area contributed by atoms with Crippen LogP contribution in [-0.4, -0.2) is 31.2 Å². The van der Waals surface area contributed by atoms with Crippen LogP contribution in [0.4, 0.5) is 0 Å². The topological polar surface area (TPSA) is 63.7 Å². The van der Waals surface area contributed by atoms with Gasteiger partial charge in [0.05, 0.1) is 11.4 Å². The summed E-state index contributed by atoms with van der Waals surface area (Å²) in [5.74, 6) is 0.664. The van der Waals surface area contributed by atoms with Crippen LogP contribution in [0.3, 0.4) is 0 Å². The molecule has 1 aliphatic rings. The zero-order valence-corrected chi connectivity index (χ0v) is 22.6. The van der Waals surface area contributed by atoms with E-state index in [1.54, 1.807) is 46.8 Å². The van der Waals surface area contributed by atoms with Crippen LogP contribution in [0.25, 0.3) is 0 Å². The van der Waals surface area contributed by atoms with Crippen molar-refractivity contribution in [2.75, 3.05) is 6.54 Å². The highest BCUT2D eigenvalue weighted by atomic mass is 32.2. The lowest BCUT2D eigenvalue weighted by Gasteiger charge is -2.24. The maximum atomic E-state index is 13.6. The maximum Gasteiger partial charge on any atom is 0.247 e. The number of hydrogen-bond acceptors (Lipinski definition) is 5. The largest absolute Gasteiger partial charge is 0.488 e. The molecule has 0 aliphatic carbocycles. The number of rotatable bonds is 7. The number of hydrogen-bond donors (Lipinski definition) is 0. The summed E-state index contributed by atoms with van der Waals surface area (Å²) in [6, 6.07) is 15.2. The number of benzene rings is 2. The molecular weight excluding hydrogens is 478 g/mol. The van der Waals surface area contributed by atoms with Gasteiger partial charge in [-0.05, 0) is 74.1 Å². The number of carbonyl (C=O) groups excluding carboxylic acids is 1. The third-order valence-electron chi connectivity index (χ3n) is 6.77. The van der Waals surface area contributed by atoms with Crippen LogP contribution in [0.1, 0.15) is 76.3 Å². The van der Waals surface area contributed by atoms with E-state index in [9.17, 15) is 13.2 Å². The fraction of sp³-hybridized carbons (Fsp3) is 0.393. The molecule has 4 rings (SSSR count). The Bertz CT molecular complexity index is 1340. The van der Waals surface area contributed by atoms with Crippen LogP contribution in [-0.2, 0) is 16.6 Å². The molecule has 1 aromatic heterocycles. The number of sulfonamides is 1. The highest BCUT2D eigenvalue weighted by Gasteiger charge is 2.34. The number of aryl methyl sites for hydroxylation is 2. The minimum absolute atomic E-state index is 0.0862. The lowest BCUT2D eigenvalue weighted by atomic mass is 9.90. The molecule has 0 N–H and O–H groups in total. The Morgan fingerprint density at radius 2 is 1.86 bits per heavy atom. The first-order valence-electron chi connectivity index (χ1n) is 12.1. The van der Waals surface area contributed by atoms with E-state index in [4.69, 9.17) is 4.74 Å². The average molecular weight is 512 g/mol. The third kappa shape index (κ3) is 5.08. The fourth-order valence-electron chi connectivity index (χ4n) is 4.66. The highest BCUT2D eigenvalue weighted by Crippen LogP contribution is 2.38. The monoisotopic (exact) mass is 511 g/mol. The van der Waals surface area contributed by atoms with Crippen LogP contribution >= 0.6 is 11.3 Å². The van der Waals surface area contributed by atoms with Crippen LogP contribution in [0.15, 0.2) is 53.4 Å². The Balaban J connectivity index is 1.72. The van der Waals surface area contributed by atoms with Gasteiger partial charge in [-0.1, -0.05) is 44.2 Å². The van der Waals surface area contributed by atoms with Gasteiger partial charge in [0.1, 0.15) is 16.7 Å². The summed E-state index contributed by atoms with van der Waals surface area (Å²) in [5, 5.41) is 0. The molecule has 0 radical (unpaired) electrons. The number of para-hydroxylation sites is 1. The van der Waals surface area contributed by atoms with Crippen molar-refractivity contribution in [2.45, 2.75) is 70.9 Å². The Hall–Kier alpha value is -2.48. The molecule has 2 aromatic carbocycles. The Kier molecular flexibility index (Phi) is 7.50. The van der Waals surface area contributed by atoms with Gasteiger partial charge in [0.25, 0.3) is 0 Å². The van der Waals surface area contributed by atoms with Gasteiger partial charge in [0.15, 0.2) is 5.78 Å². The minimum atomic E-state index is -3.71. The second-order valence-corrected chi connectivity index (χ2v) is 12.2. The Morgan fingerprint density at radius 1 is 1.11 bits per heavy atom. The van der Waals surface area contributed by atoms with Gasteiger partial charge in [-0.15, -0.1) is 11.3 Å². The van der Waals surface area contributed by atoms with Crippen molar-refractivity contribution in [1.29, 1.82) is 0 Å². The van der Waals surface area contributed by atoms with E-state index in [2.05, 4.69) is 32.0 Å².